The number of aromatic nitrogens is 2. The van der Waals surface area contributed by atoms with E-state index in [1.807, 2.05) is 4.90 Å². The summed E-state index contributed by atoms with van der Waals surface area (Å²) in [5.41, 5.74) is 0.510. The lowest BCUT2D eigenvalue weighted by atomic mass is 10.0. The van der Waals surface area contributed by atoms with E-state index in [-0.39, 0.29) is 23.9 Å². The van der Waals surface area contributed by atoms with Crippen LogP contribution in [0.25, 0.3) is 0 Å². The molecular formula is C17H20FN3O2S. The lowest BCUT2D eigenvalue weighted by Crippen LogP contribution is -2.40. The Balaban J connectivity index is 1.53. The first-order chi connectivity index (χ1) is 11.6. The van der Waals surface area contributed by atoms with Crippen molar-refractivity contribution < 1.29 is 13.6 Å². The van der Waals surface area contributed by atoms with Crippen molar-refractivity contribution in [3.8, 4) is 0 Å². The van der Waals surface area contributed by atoms with Crippen LogP contribution < -0.4 is 0 Å². The van der Waals surface area contributed by atoms with Crippen molar-refractivity contribution in [3.05, 3.63) is 41.5 Å². The molecule has 0 aliphatic carbocycles. The zero-order valence-corrected chi connectivity index (χ0v) is 14.4. The van der Waals surface area contributed by atoms with E-state index in [1.165, 1.54) is 24.2 Å². The van der Waals surface area contributed by atoms with Gasteiger partial charge in [-0.2, -0.15) is 0 Å². The average molecular weight is 349 g/mol. The molecule has 0 spiro atoms. The summed E-state index contributed by atoms with van der Waals surface area (Å²) in [4.78, 5) is 14.1. The Kier molecular flexibility index (Phi) is 5.50. The van der Waals surface area contributed by atoms with Gasteiger partial charge < -0.3 is 9.32 Å². The number of carbonyl (C=O) groups is 1. The molecule has 0 N–H and O–H groups in total. The van der Waals surface area contributed by atoms with Gasteiger partial charge in [0.05, 0.1) is 12.2 Å². The van der Waals surface area contributed by atoms with Gasteiger partial charge in [0.15, 0.2) is 0 Å². The lowest BCUT2D eigenvalue weighted by molar-refractivity contribution is -0.130. The normalized spacial score (nSPS) is 17.9. The molecule has 1 aromatic heterocycles. The maximum Gasteiger partial charge on any atom is 0.277 e. The summed E-state index contributed by atoms with van der Waals surface area (Å²) in [7, 11) is 0. The summed E-state index contributed by atoms with van der Waals surface area (Å²) in [5.74, 6) is 0.999. The summed E-state index contributed by atoms with van der Waals surface area (Å²) in [6, 6.07) is 6.50. The van der Waals surface area contributed by atoms with Gasteiger partial charge in [-0.25, -0.2) is 4.39 Å². The van der Waals surface area contributed by atoms with E-state index in [2.05, 4.69) is 17.1 Å². The van der Waals surface area contributed by atoms with Gasteiger partial charge in [0.2, 0.25) is 11.8 Å². The molecule has 1 atom stereocenters. The molecule has 2 heterocycles. The first-order valence-electron chi connectivity index (χ1n) is 8.08. The van der Waals surface area contributed by atoms with Crippen LogP contribution in [0.1, 0.15) is 31.2 Å². The molecule has 5 nitrogen and oxygen atoms in total. The van der Waals surface area contributed by atoms with Crippen molar-refractivity contribution in [2.45, 2.75) is 31.4 Å². The Labute approximate surface area is 144 Å². The topological polar surface area (TPSA) is 59.2 Å². The maximum atomic E-state index is 13.6. The van der Waals surface area contributed by atoms with Crippen molar-refractivity contribution in [1.29, 1.82) is 0 Å². The van der Waals surface area contributed by atoms with Crippen molar-refractivity contribution in [2.75, 3.05) is 18.8 Å². The molecule has 1 saturated heterocycles. The predicted molar refractivity (Wildman–Crippen MR) is 89.2 cm³/mol. The minimum Gasteiger partial charge on any atom is -0.416 e. The maximum absolute atomic E-state index is 13.6. The van der Waals surface area contributed by atoms with E-state index in [4.69, 9.17) is 4.42 Å². The van der Waals surface area contributed by atoms with Crippen LogP contribution in [0.2, 0.25) is 0 Å². The number of benzene rings is 1. The molecule has 24 heavy (non-hydrogen) atoms. The van der Waals surface area contributed by atoms with Gasteiger partial charge in [-0.05, 0) is 30.4 Å². The minimum atomic E-state index is -0.292. The van der Waals surface area contributed by atoms with E-state index in [0.717, 1.165) is 19.5 Å². The smallest absolute Gasteiger partial charge is 0.277 e. The summed E-state index contributed by atoms with van der Waals surface area (Å²) in [6.45, 7) is 3.81. The average Bonchev–Trinajstić information content (AvgIpc) is 3.02. The van der Waals surface area contributed by atoms with Crippen LogP contribution in [-0.4, -0.2) is 39.8 Å². The summed E-state index contributed by atoms with van der Waals surface area (Å²) in [6.07, 6.45) is 2.49. The second-order valence-corrected chi connectivity index (χ2v) is 7.03. The van der Waals surface area contributed by atoms with Gasteiger partial charge in [0.1, 0.15) is 5.82 Å². The Morgan fingerprint density at radius 2 is 2.25 bits per heavy atom. The quantitative estimate of drug-likeness (QED) is 0.776. The number of halogens is 1. The number of hydrogen-bond acceptors (Lipinski definition) is 5. The third-order valence-electron chi connectivity index (χ3n) is 4.08. The van der Waals surface area contributed by atoms with Crippen LogP contribution in [0.5, 0.6) is 0 Å². The summed E-state index contributed by atoms with van der Waals surface area (Å²) >= 11 is 1.23. The fourth-order valence-corrected chi connectivity index (χ4v) is 3.49. The van der Waals surface area contributed by atoms with Crippen LogP contribution in [0, 0.1) is 11.7 Å². The highest BCUT2D eigenvalue weighted by molar-refractivity contribution is 7.99. The summed E-state index contributed by atoms with van der Waals surface area (Å²) < 4.78 is 19.1. The van der Waals surface area contributed by atoms with Gasteiger partial charge in [0.25, 0.3) is 5.22 Å². The largest absolute Gasteiger partial charge is 0.416 e. The molecule has 1 aliphatic heterocycles. The van der Waals surface area contributed by atoms with Crippen LogP contribution in [0.4, 0.5) is 4.39 Å². The number of amides is 1. The number of piperidine rings is 1. The Hall–Kier alpha value is -1.89. The van der Waals surface area contributed by atoms with E-state index in [1.54, 1.807) is 18.2 Å². The summed E-state index contributed by atoms with van der Waals surface area (Å²) in [5, 5.41) is 8.20. The number of likely N-dealkylation sites (tertiary alicyclic amines) is 1. The van der Waals surface area contributed by atoms with Crippen molar-refractivity contribution >= 4 is 17.7 Å². The first kappa shape index (κ1) is 17.0. The Morgan fingerprint density at radius 3 is 3.04 bits per heavy atom. The Morgan fingerprint density at radius 1 is 1.42 bits per heavy atom. The van der Waals surface area contributed by atoms with Crippen molar-refractivity contribution in [3.63, 3.8) is 0 Å². The SMILES string of the molecule is C[C@H]1CCCN(C(=O)CSc2nnc(Cc3ccccc3F)o2)C1. The zero-order valence-electron chi connectivity index (χ0n) is 13.6. The fourth-order valence-electron chi connectivity index (χ4n) is 2.80. The van der Waals surface area contributed by atoms with Gasteiger partial charge >= 0.3 is 0 Å². The monoisotopic (exact) mass is 349 g/mol. The molecule has 0 radical (unpaired) electrons. The molecule has 7 heteroatoms. The number of thioether (sulfide) groups is 1. The van der Waals surface area contributed by atoms with Gasteiger partial charge in [-0.3, -0.25) is 4.79 Å². The molecule has 2 aromatic rings. The molecule has 1 amide bonds. The van der Waals surface area contributed by atoms with Crippen molar-refractivity contribution in [1.82, 2.24) is 15.1 Å². The van der Waals surface area contributed by atoms with E-state index in [0.29, 0.717) is 22.6 Å². The lowest BCUT2D eigenvalue weighted by Gasteiger charge is -2.30. The second kappa shape index (κ2) is 7.79. The van der Waals surface area contributed by atoms with Crippen LogP contribution in [0.15, 0.2) is 33.9 Å². The third-order valence-corrected chi connectivity index (χ3v) is 4.88. The number of carbonyl (C=O) groups excluding carboxylic acids is 1. The highest BCUT2D eigenvalue weighted by atomic mass is 32.2. The highest BCUT2D eigenvalue weighted by Gasteiger charge is 2.21. The van der Waals surface area contributed by atoms with Crippen LogP contribution in [-0.2, 0) is 11.2 Å². The minimum absolute atomic E-state index is 0.0976. The first-order valence-corrected chi connectivity index (χ1v) is 9.06. The molecule has 0 unspecified atom stereocenters. The zero-order chi connectivity index (χ0) is 16.9. The second-order valence-electron chi connectivity index (χ2n) is 6.11. The standard InChI is InChI=1S/C17H20FN3O2S/c1-12-5-4-8-21(10-12)16(22)11-24-17-20-19-15(23-17)9-13-6-2-3-7-14(13)18/h2-3,6-7,12H,4-5,8-11H2,1H3/t12-/m0/s1. The molecular weight excluding hydrogens is 329 g/mol. The number of nitrogens with zero attached hydrogens (tertiary/aromatic N) is 3. The molecule has 1 aromatic carbocycles. The molecule has 0 bridgehead atoms. The highest BCUT2D eigenvalue weighted by Crippen LogP contribution is 2.21. The molecule has 0 saturated carbocycles. The third kappa shape index (κ3) is 4.35. The van der Waals surface area contributed by atoms with Crippen LogP contribution in [0.3, 0.4) is 0 Å². The predicted octanol–water partition coefficient (Wildman–Crippen LogP) is 3.15. The molecule has 3 rings (SSSR count). The van der Waals surface area contributed by atoms with Crippen molar-refractivity contribution in [2.24, 2.45) is 5.92 Å². The molecule has 128 valence electrons. The van der Waals surface area contributed by atoms with Gasteiger partial charge in [-0.15, -0.1) is 10.2 Å². The molecule has 1 aliphatic rings. The van der Waals surface area contributed by atoms with E-state index < -0.39 is 0 Å². The van der Waals surface area contributed by atoms with Gasteiger partial charge in [-0.1, -0.05) is 36.9 Å². The fraction of sp³-hybridized carbons (Fsp3) is 0.471. The molecule has 1 fully saturated rings. The van der Waals surface area contributed by atoms with Gasteiger partial charge in [0, 0.05) is 13.1 Å². The van der Waals surface area contributed by atoms with E-state index in [9.17, 15) is 9.18 Å². The van der Waals surface area contributed by atoms with E-state index >= 15 is 0 Å². The number of rotatable bonds is 5. The number of hydrogen-bond donors (Lipinski definition) is 0. The Bertz CT molecular complexity index is 707. The van der Waals surface area contributed by atoms with Crippen LogP contribution >= 0.6 is 11.8 Å².